The molecule has 0 amide bonds. The van der Waals surface area contributed by atoms with Crippen LogP contribution in [0.15, 0.2) is 30.3 Å². The van der Waals surface area contributed by atoms with Crippen LogP contribution in [-0.2, 0) is 6.42 Å². The van der Waals surface area contributed by atoms with Crippen LogP contribution >= 0.6 is 0 Å². The quantitative estimate of drug-likeness (QED) is 0.771. The lowest BCUT2D eigenvalue weighted by molar-refractivity contribution is 1.14. The molecule has 94 valence electrons. The van der Waals surface area contributed by atoms with E-state index >= 15 is 0 Å². The average Bonchev–Trinajstić information content (AvgIpc) is 2.35. The molecule has 1 nitrogen and oxygen atoms in total. The van der Waals surface area contributed by atoms with Crippen LogP contribution in [0.3, 0.4) is 0 Å². The Morgan fingerprint density at radius 2 is 1.56 bits per heavy atom. The highest BCUT2D eigenvalue weighted by Crippen LogP contribution is 2.29. The molecule has 0 aliphatic rings. The third kappa shape index (κ3) is 2.26. The molecule has 0 saturated carbocycles. The van der Waals surface area contributed by atoms with Gasteiger partial charge in [0.15, 0.2) is 0 Å². The molecule has 0 aromatic heterocycles. The van der Waals surface area contributed by atoms with Gasteiger partial charge in [-0.1, -0.05) is 25.1 Å². The van der Waals surface area contributed by atoms with E-state index in [1.54, 1.807) is 0 Å². The van der Waals surface area contributed by atoms with Gasteiger partial charge in [0.05, 0.1) is 0 Å². The van der Waals surface area contributed by atoms with Gasteiger partial charge < -0.3 is 5.73 Å². The summed E-state index contributed by atoms with van der Waals surface area (Å²) < 4.78 is 0. The van der Waals surface area contributed by atoms with E-state index in [-0.39, 0.29) is 0 Å². The van der Waals surface area contributed by atoms with Crippen LogP contribution in [0.2, 0.25) is 0 Å². The molecule has 0 fully saturated rings. The number of anilines is 1. The molecule has 0 unspecified atom stereocenters. The van der Waals surface area contributed by atoms with E-state index in [1.165, 1.54) is 33.4 Å². The Balaban J connectivity index is 2.58. The van der Waals surface area contributed by atoms with Crippen molar-refractivity contribution in [3.63, 3.8) is 0 Å². The maximum atomic E-state index is 5.97. The van der Waals surface area contributed by atoms with Crippen molar-refractivity contribution in [3.8, 4) is 11.1 Å². The third-order valence-electron chi connectivity index (χ3n) is 3.68. The number of nitrogen functional groups attached to an aromatic ring is 1. The van der Waals surface area contributed by atoms with Crippen molar-refractivity contribution in [2.75, 3.05) is 5.73 Å². The molecule has 0 atom stereocenters. The Morgan fingerprint density at radius 1 is 0.889 bits per heavy atom. The number of rotatable bonds is 2. The average molecular weight is 239 g/mol. The summed E-state index contributed by atoms with van der Waals surface area (Å²) in [5, 5.41) is 0. The molecule has 2 rings (SSSR count). The van der Waals surface area contributed by atoms with Crippen molar-refractivity contribution >= 4 is 5.69 Å². The second-order valence-corrected chi connectivity index (χ2v) is 5.02. The molecule has 2 N–H and O–H groups in total. The zero-order valence-corrected chi connectivity index (χ0v) is 11.7. The van der Waals surface area contributed by atoms with Crippen LogP contribution in [0.4, 0.5) is 5.69 Å². The van der Waals surface area contributed by atoms with Crippen molar-refractivity contribution < 1.29 is 0 Å². The first-order valence-corrected chi connectivity index (χ1v) is 6.49. The van der Waals surface area contributed by atoms with Crippen molar-refractivity contribution in [1.29, 1.82) is 0 Å². The Labute approximate surface area is 110 Å². The van der Waals surface area contributed by atoms with Crippen LogP contribution in [0.1, 0.15) is 29.2 Å². The number of benzene rings is 2. The normalized spacial score (nSPS) is 10.7. The minimum atomic E-state index is 0.891. The van der Waals surface area contributed by atoms with Crippen LogP contribution in [-0.4, -0.2) is 0 Å². The zero-order valence-electron chi connectivity index (χ0n) is 11.7. The van der Waals surface area contributed by atoms with Gasteiger partial charge in [-0.3, -0.25) is 0 Å². The van der Waals surface area contributed by atoms with Crippen molar-refractivity contribution in [3.05, 3.63) is 52.6 Å². The maximum Gasteiger partial charge on any atom is 0.0346 e. The summed E-state index contributed by atoms with van der Waals surface area (Å²) in [6.45, 7) is 8.63. The molecule has 2 aromatic carbocycles. The first kappa shape index (κ1) is 12.7. The second kappa shape index (κ2) is 4.85. The van der Waals surface area contributed by atoms with Gasteiger partial charge in [0.1, 0.15) is 0 Å². The summed E-state index contributed by atoms with van der Waals surface area (Å²) in [5.41, 5.74) is 14.7. The molecule has 0 aliphatic carbocycles. The van der Waals surface area contributed by atoms with Crippen molar-refractivity contribution in [2.45, 2.75) is 34.1 Å². The second-order valence-electron chi connectivity index (χ2n) is 5.02. The van der Waals surface area contributed by atoms with Crippen LogP contribution in [0.5, 0.6) is 0 Å². The molecule has 18 heavy (non-hydrogen) atoms. The lowest BCUT2D eigenvalue weighted by atomic mass is 9.94. The Kier molecular flexibility index (Phi) is 3.42. The summed E-state index contributed by atoms with van der Waals surface area (Å²) in [6.07, 6.45) is 0.976. The van der Waals surface area contributed by atoms with Crippen LogP contribution in [0.25, 0.3) is 11.1 Å². The predicted octanol–water partition coefficient (Wildman–Crippen LogP) is 4.42. The molecule has 0 spiro atoms. The highest BCUT2D eigenvalue weighted by molar-refractivity contribution is 5.71. The van der Waals surface area contributed by atoms with Gasteiger partial charge in [-0.25, -0.2) is 0 Å². The Hall–Kier alpha value is -1.76. The van der Waals surface area contributed by atoms with Crippen molar-refractivity contribution in [2.24, 2.45) is 0 Å². The van der Waals surface area contributed by atoms with E-state index in [4.69, 9.17) is 5.73 Å². The molecule has 0 radical (unpaired) electrons. The Morgan fingerprint density at radius 3 is 2.22 bits per heavy atom. The first-order valence-electron chi connectivity index (χ1n) is 6.49. The van der Waals surface area contributed by atoms with Crippen molar-refractivity contribution in [1.82, 2.24) is 0 Å². The lowest BCUT2D eigenvalue weighted by Gasteiger charge is -2.12. The highest BCUT2D eigenvalue weighted by atomic mass is 14.6. The lowest BCUT2D eigenvalue weighted by Crippen LogP contribution is -1.94. The van der Waals surface area contributed by atoms with Gasteiger partial charge in [0.2, 0.25) is 0 Å². The molecule has 0 bridgehead atoms. The van der Waals surface area contributed by atoms with Crippen LogP contribution in [0, 0.1) is 20.8 Å². The van der Waals surface area contributed by atoms with Gasteiger partial charge in [0.25, 0.3) is 0 Å². The minimum absolute atomic E-state index is 0.891. The van der Waals surface area contributed by atoms with Gasteiger partial charge in [0, 0.05) is 5.69 Å². The van der Waals surface area contributed by atoms with E-state index in [9.17, 15) is 0 Å². The monoisotopic (exact) mass is 239 g/mol. The molecular weight excluding hydrogens is 218 g/mol. The Bertz CT molecular complexity index is 582. The summed E-state index contributed by atoms with van der Waals surface area (Å²) in [5.74, 6) is 0. The largest absolute Gasteiger partial charge is 0.399 e. The van der Waals surface area contributed by atoms with Gasteiger partial charge in [-0.2, -0.15) is 0 Å². The summed E-state index contributed by atoms with van der Waals surface area (Å²) in [6, 6.07) is 10.9. The standard InChI is InChI=1S/C17H21N/c1-5-14-10-15(6-7-17(14)18)16-9-12(3)11(2)8-13(16)4/h6-10H,5,18H2,1-4H3. The fourth-order valence-corrected chi connectivity index (χ4v) is 2.35. The number of nitrogens with two attached hydrogens (primary N) is 1. The molecule has 0 aliphatic heterocycles. The summed E-state index contributed by atoms with van der Waals surface area (Å²) in [4.78, 5) is 0. The first-order chi connectivity index (χ1) is 8.52. The molecule has 0 saturated heterocycles. The zero-order chi connectivity index (χ0) is 13.3. The smallest absolute Gasteiger partial charge is 0.0346 e. The fourth-order valence-electron chi connectivity index (χ4n) is 2.35. The SMILES string of the molecule is CCc1cc(-c2cc(C)c(C)cc2C)ccc1N. The molecule has 2 aromatic rings. The molecule has 0 heterocycles. The highest BCUT2D eigenvalue weighted by Gasteiger charge is 2.06. The van der Waals surface area contributed by atoms with E-state index in [2.05, 4.69) is 52.0 Å². The van der Waals surface area contributed by atoms with Gasteiger partial charge in [-0.15, -0.1) is 0 Å². The topological polar surface area (TPSA) is 26.0 Å². The fraction of sp³-hybridized carbons (Fsp3) is 0.294. The molecule has 1 heteroatoms. The number of hydrogen-bond acceptors (Lipinski definition) is 1. The third-order valence-corrected chi connectivity index (χ3v) is 3.68. The molecular formula is C17H21N. The minimum Gasteiger partial charge on any atom is -0.399 e. The number of hydrogen-bond donors (Lipinski definition) is 1. The predicted molar refractivity (Wildman–Crippen MR) is 79.9 cm³/mol. The number of aryl methyl sites for hydroxylation is 4. The van der Waals surface area contributed by atoms with Gasteiger partial charge in [-0.05, 0) is 72.7 Å². The van der Waals surface area contributed by atoms with E-state index < -0.39 is 0 Å². The van der Waals surface area contributed by atoms with E-state index in [1.807, 2.05) is 6.07 Å². The van der Waals surface area contributed by atoms with Crippen LogP contribution < -0.4 is 5.73 Å². The van der Waals surface area contributed by atoms with Gasteiger partial charge >= 0.3 is 0 Å². The summed E-state index contributed by atoms with van der Waals surface area (Å²) >= 11 is 0. The maximum absolute atomic E-state index is 5.97. The van der Waals surface area contributed by atoms with E-state index in [0.717, 1.165) is 12.1 Å². The summed E-state index contributed by atoms with van der Waals surface area (Å²) in [7, 11) is 0. The van der Waals surface area contributed by atoms with E-state index in [0.29, 0.717) is 0 Å².